The Bertz CT molecular complexity index is 1070. The van der Waals surface area contributed by atoms with Gasteiger partial charge in [0.25, 0.3) is 5.91 Å². The molecule has 1 amide bonds. The van der Waals surface area contributed by atoms with Crippen LogP contribution in [0.25, 0.3) is 22.9 Å². The molecule has 0 spiro atoms. The SMILES string of the molecule is O=C(NCc1nc(-c2ncccn2)no1)c1cc(-c2ccccc2O)n[nH]1. The van der Waals surface area contributed by atoms with Gasteiger partial charge in [-0.05, 0) is 24.3 Å². The Morgan fingerprint density at radius 3 is 2.78 bits per heavy atom. The number of H-pyrrole nitrogens is 1. The van der Waals surface area contributed by atoms with Gasteiger partial charge in [0.2, 0.25) is 17.5 Å². The molecular weight excluding hydrogens is 350 g/mol. The van der Waals surface area contributed by atoms with Crippen molar-refractivity contribution < 1.29 is 14.4 Å². The minimum atomic E-state index is -0.403. The van der Waals surface area contributed by atoms with Gasteiger partial charge < -0.3 is 14.9 Å². The fraction of sp³-hybridized carbons (Fsp3) is 0.0588. The molecule has 10 nitrogen and oxygen atoms in total. The number of carbonyl (C=O) groups excluding carboxylic acids is 1. The van der Waals surface area contributed by atoms with Gasteiger partial charge in [0, 0.05) is 18.0 Å². The van der Waals surface area contributed by atoms with Crippen LogP contribution in [0, 0.1) is 0 Å². The topological polar surface area (TPSA) is 143 Å². The van der Waals surface area contributed by atoms with Crippen molar-refractivity contribution in [2.45, 2.75) is 6.54 Å². The molecule has 0 atom stereocenters. The number of nitrogens with zero attached hydrogens (tertiary/aromatic N) is 5. The van der Waals surface area contributed by atoms with Crippen LogP contribution < -0.4 is 5.32 Å². The van der Waals surface area contributed by atoms with Crippen LogP contribution in [0.15, 0.2) is 53.3 Å². The highest BCUT2D eigenvalue weighted by Gasteiger charge is 2.15. The first kappa shape index (κ1) is 16.4. The van der Waals surface area contributed by atoms with Gasteiger partial charge in [-0.25, -0.2) is 9.97 Å². The maximum atomic E-state index is 12.3. The number of carbonyl (C=O) groups is 1. The van der Waals surface area contributed by atoms with E-state index in [2.05, 4.69) is 35.6 Å². The zero-order valence-electron chi connectivity index (χ0n) is 13.8. The van der Waals surface area contributed by atoms with E-state index in [1.165, 1.54) is 0 Å². The van der Waals surface area contributed by atoms with Crippen molar-refractivity contribution in [3.05, 3.63) is 60.4 Å². The summed E-state index contributed by atoms with van der Waals surface area (Å²) in [4.78, 5) is 24.5. The summed E-state index contributed by atoms with van der Waals surface area (Å²) >= 11 is 0. The first-order valence-electron chi connectivity index (χ1n) is 7.92. The van der Waals surface area contributed by atoms with Crippen molar-refractivity contribution >= 4 is 5.91 Å². The lowest BCUT2D eigenvalue weighted by molar-refractivity contribution is 0.0941. The monoisotopic (exact) mass is 363 g/mol. The van der Waals surface area contributed by atoms with Crippen molar-refractivity contribution in [2.75, 3.05) is 0 Å². The van der Waals surface area contributed by atoms with Crippen LogP contribution in [0.3, 0.4) is 0 Å². The molecule has 10 heteroatoms. The van der Waals surface area contributed by atoms with E-state index in [9.17, 15) is 9.90 Å². The molecule has 0 unspecified atom stereocenters. The van der Waals surface area contributed by atoms with Gasteiger partial charge in [0.15, 0.2) is 0 Å². The van der Waals surface area contributed by atoms with Crippen molar-refractivity contribution in [1.82, 2.24) is 35.6 Å². The van der Waals surface area contributed by atoms with E-state index in [1.54, 1.807) is 48.8 Å². The number of amides is 1. The second-order valence-corrected chi connectivity index (χ2v) is 5.45. The van der Waals surface area contributed by atoms with Crippen LogP contribution in [0.1, 0.15) is 16.4 Å². The van der Waals surface area contributed by atoms with E-state index in [-0.39, 0.29) is 29.7 Å². The molecule has 3 heterocycles. The molecule has 4 aromatic rings. The molecular formula is C17H13N7O3. The fourth-order valence-corrected chi connectivity index (χ4v) is 2.35. The Kier molecular flexibility index (Phi) is 4.27. The second kappa shape index (κ2) is 7.04. The average Bonchev–Trinajstić information content (AvgIpc) is 3.37. The van der Waals surface area contributed by atoms with Gasteiger partial charge in [-0.15, -0.1) is 0 Å². The molecule has 3 N–H and O–H groups in total. The Balaban J connectivity index is 1.42. The minimum absolute atomic E-state index is 0.0314. The molecule has 0 fully saturated rings. The first-order valence-corrected chi connectivity index (χ1v) is 7.92. The van der Waals surface area contributed by atoms with E-state index >= 15 is 0 Å². The van der Waals surface area contributed by atoms with Crippen molar-refractivity contribution in [1.29, 1.82) is 0 Å². The van der Waals surface area contributed by atoms with Crippen LogP contribution in [0.5, 0.6) is 5.75 Å². The molecule has 27 heavy (non-hydrogen) atoms. The van der Waals surface area contributed by atoms with E-state index < -0.39 is 5.91 Å². The van der Waals surface area contributed by atoms with E-state index in [0.717, 1.165) is 0 Å². The summed E-state index contributed by atoms with van der Waals surface area (Å²) in [5.41, 5.74) is 1.22. The number of nitrogens with one attached hydrogen (secondary N) is 2. The van der Waals surface area contributed by atoms with Crippen LogP contribution in [0.4, 0.5) is 0 Å². The number of aromatic amines is 1. The molecule has 3 aromatic heterocycles. The lowest BCUT2D eigenvalue weighted by atomic mass is 10.1. The van der Waals surface area contributed by atoms with Crippen molar-refractivity contribution in [3.63, 3.8) is 0 Å². The number of hydrogen-bond acceptors (Lipinski definition) is 8. The summed E-state index contributed by atoms with van der Waals surface area (Å²) in [5.74, 6) is 0.464. The number of hydrogen-bond donors (Lipinski definition) is 3. The van der Waals surface area contributed by atoms with E-state index in [0.29, 0.717) is 17.1 Å². The quantitative estimate of drug-likeness (QED) is 0.485. The Hall–Kier alpha value is -4.08. The first-order chi connectivity index (χ1) is 13.2. The van der Waals surface area contributed by atoms with Crippen molar-refractivity contribution in [2.24, 2.45) is 0 Å². The molecule has 0 aliphatic heterocycles. The number of para-hydroxylation sites is 1. The summed E-state index contributed by atoms with van der Waals surface area (Å²) in [6.07, 6.45) is 3.14. The molecule has 0 saturated carbocycles. The third-order valence-electron chi connectivity index (χ3n) is 3.64. The number of aromatic nitrogens is 6. The summed E-state index contributed by atoms with van der Waals surface area (Å²) in [7, 11) is 0. The molecule has 0 aliphatic rings. The maximum absolute atomic E-state index is 12.3. The van der Waals surface area contributed by atoms with E-state index in [1.807, 2.05) is 0 Å². The zero-order chi connectivity index (χ0) is 18.6. The Morgan fingerprint density at radius 1 is 1.15 bits per heavy atom. The number of rotatable bonds is 5. The van der Waals surface area contributed by atoms with Gasteiger partial charge in [-0.1, -0.05) is 17.3 Å². The molecule has 134 valence electrons. The highest BCUT2D eigenvalue weighted by Crippen LogP contribution is 2.27. The average molecular weight is 363 g/mol. The van der Waals surface area contributed by atoms with Crippen LogP contribution in [-0.4, -0.2) is 41.3 Å². The Morgan fingerprint density at radius 2 is 1.96 bits per heavy atom. The van der Waals surface area contributed by atoms with Gasteiger partial charge in [0.05, 0.1) is 12.2 Å². The number of phenolic OH excluding ortho intramolecular Hbond substituents is 1. The maximum Gasteiger partial charge on any atom is 0.269 e. The summed E-state index contributed by atoms with van der Waals surface area (Å²) in [6, 6.07) is 9.96. The number of phenols is 1. The molecule has 0 radical (unpaired) electrons. The predicted molar refractivity (Wildman–Crippen MR) is 92.2 cm³/mol. The zero-order valence-corrected chi connectivity index (χ0v) is 13.8. The van der Waals surface area contributed by atoms with Gasteiger partial charge in [0.1, 0.15) is 11.4 Å². The summed E-state index contributed by atoms with van der Waals surface area (Å²) in [5, 5.41) is 23.0. The van der Waals surface area contributed by atoms with E-state index in [4.69, 9.17) is 4.52 Å². The molecule has 4 rings (SSSR count). The standard InChI is InChI=1S/C17H13N7O3/c25-13-5-2-1-4-10(13)11-8-12(23-22-11)17(26)20-9-14-21-16(24-27-14)15-18-6-3-7-19-15/h1-8,25H,9H2,(H,20,26)(H,22,23). The van der Waals surface area contributed by atoms with Gasteiger partial charge in [-0.3, -0.25) is 9.89 Å². The largest absolute Gasteiger partial charge is 0.507 e. The lowest BCUT2D eigenvalue weighted by Crippen LogP contribution is -2.23. The molecule has 0 bridgehead atoms. The Labute approximate surface area is 152 Å². The molecule has 0 saturated heterocycles. The number of aromatic hydroxyl groups is 1. The molecule has 1 aromatic carbocycles. The van der Waals surface area contributed by atoms with Gasteiger partial charge in [-0.2, -0.15) is 10.1 Å². The minimum Gasteiger partial charge on any atom is -0.507 e. The summed E-state index contributed by atoms with van der Waals surface area (Å²) < 4.78 is 5.08. The predicted octanol–water partition coefficient (Wildman–Crippen LogP) is 1.55. The summed E-state index contributed by atoms with van der Waals surface area (Å²) in [6.45, 7) is 0.0314. The van der Waals surface area contributed by atoms with Crippen molar-refractivity contribution in [3.8, 4) is 28.7 Å². The highest BCUT2D eigenvalue weighted by molar-refractivity contribution is 5.93. The number of benzene rings is 1. The molecule has 0 aliphatic carbocycles. The van der Waals surface area contributed by atoms with Gasteiger partial charge >= 0.3 is 0 Å². The third-order valence-corrected chi connectivity index (χ3v) is 3.64. The lowest BCUT2D eigenvalue weighted by Gasteiger charge is -1.99. The smallest absolute Gasteiger partial charge is 0.269 e. The third kappa shape index (κ3) is 3.49. The highest BCUT2D eigenvalue weighted by atomic mass is 16.5. The van der Waals surface area contributed by atoms with Crippen LogP contribution in [0.2, 0.25) is 0 Å². The fourth-order valence-electron chi connectivity index (χ4n) is 2.35. The van der Waals surface area contributed by atoms with Crippen LogP contribution in [-0.2, 0) is 6.54 Å². The second-order valence-electron chi connectivity index (χ2n) is 5.45. The van der Waals surface area contributed by atoms with Crippen LogP contribution >= 0.6 is 0 Å². The normalized spacial score (nSPS) is 10.7.